The van der Waals surface area contributed by atoms with Gasteiger partial charge in [-0.25, -0.2) is 9.78 Å². The highest BCUT2D eigenvalue weighted by Crippen LogP contribution is 2.31. The lowest BCUT2D eigenvalue weighted by molar-refractivity contribution is -0.120. The van der Waals surface area contributed by atoms with Crippen LogP contribution in [0.5, 0.6) is 0 Å². The van der Waals surface area contributed by atoms with Crippen LogP contribution in [0.3, 0.4) is 0 Å². The number of benzene rings is 2. The van der Waals surface area contributed by atoms with Crippen LogP contribution in [0.4, 0.5) is 29.5 Å². The summed E-state index contributed by atoms with van der Waals surface area (Å²) in [7, 11) is 0. The number of allylic oxidation sites excluding steroid dienone is 3. The van der Waals surface area contributed by atoms with Gasteiger partial charge in [-0.05, 0) is 55.8 Å². The molecule has 0 bridgehead atoms. The van der Waals surface area contributed by atoms with Gasteiger partial charge < -0.3 is 14.5 Å². The van der Waals surface area contributed by atoms with E-state index in [2.05, 4.69) is 9.88 Å². The molecule has 2 amide bonds. The zero-order chi connectivity index (χ0) is 27.8. The van der Waals surface area contributed by atoms with Crippen LogP contribution in [0, 0.1) is 0 Å². The van der Waals surface area contributed by atoms with Gasteiger partial charge in [0.2, 0.25) is 5.76 Å². The highest BCUT2D eigenvalue weighted by molar-refractivity contribution is 5.92. The number of urea groups is 1. The summed E-state index contributed by atoms with van der Waals surface area (Å²) in [5.41, 5.74) is 2.10. The fourth-order valence-corrected chi connectivity index (χ4v) is 4.36. The number of rotatable bonds is 7. The molecule has 0 spiro atoms. The predicted molar refractivity (Wildman–Crippen MR) is 147 cm³/mol. The molecule has 204 valence electrons. The van der Waals surface area contributed by atoms with Crippen molar-refractivity contribution in [2.75, 3.05) is 36.0 Å². The quantitative estimate of drug-likeness (QED) is 0.309. The number of halogens is 3. The first-order chi connectivity index (χ1) is 18.8. The van der Waals surface area contributed by atoms with Crippen LogP contribution < -0.4 is 9.80 Å². The lowest BCUT2D eigenvalue weighted by Gasteiger charge is -2.38. The molecule has 0 radical (unpaired) electrons. The highest BCUT2D eigenvalue weighted by atomic mass is 19.4. The molecule has 1 aliphatic rings. The third-order valence-electron chi connectivity index (χ3n) is 6.43. The Morgan fingerprint density at radius 1 is 0.923 bits per heavy atom. The molecule has 1 aromatic heterocycles. The number of hydrogen-bond donors (Lipinski definition) is 0. The van der Waals surface area contributed by atoms with Crippen LogP contribution in [-0.2, 0) is 11.3 Å². The topological polar surface area (TPSA) is 48.9 Å². The maximum Gasteiger partial charge on any atom is 0.449 e. The van der Waals surface area contributed by atoms with Crippen LogP contribution in [0.25, 0.3) is 5.76 Å². The van der Waals surface area contributed by atoms with Crippen molar-refractivity contribution >= 4 is 23.3 Å². The monoisotopic (exact) mass is 536 g/mol. The number of hydrogen-bond acceptors (Lipinski definition) is 4. The Bertz CT molecular complexity index is 1290. The van der Waals surface area contributed by atoms with Gasteiger partial charge in [0.25, 0.3) is 0 Å². The molecule has 1 saturated heterocycles. The molecule has 0 aliphatic carbocycles. The van der Waals surface area contributed by atoms with Gasteiger partial charge in [-0.2, -0.15) is 13.2 Å². The number of carbonyl (C=O) groups is 1. The van der Waals surface area contributed by atoms with E-state index in [1.165, 1.54) is 13.0 Å². The van der Waals surface area contributed by atoms with E-state index in [-0.39, 0.29) is 11.8 Å². The van der Waals surface area contributed by atoms with E-state index in [9.17, 15) is 18.0 Å². The summed E-state index contributed by atoms with van der Waals surface area (Å²) >= 11 is 0. The van der Waals surface area contributed by atoms with Gasteiger partial charge in [0, 0.05) is 43.6 Å². The van der Waals surface area contributed by atoms with Crippen LogP contribution in [0.1, 0.15) is 25.0 Å². The fraction of sp³-hybridized carbons (Fsp3) is 0.267. The van der Waals surface area contributed by atoms with Crippen molar-refractivity contribution in [3.05, 3.63) is 108 Å². The van der Waals surface area contributed by atoms with Gasteiger partial charge >= 0.3 is 12.2 Å². The average Bonchev–Trinajstić information content (AvgIpc) is 2.97. The number of ether oxygens (including phenoxy) is 1. The molecule has 1 aliphatic heterocycles. The lowest BCUT2D eigenvalue weighted by atomic mass is 10.1. The summed E-state index contributed by atoms with van der Waals surface area (Å²) < 4.78 is 44.7. The van der Waals surface area contributed by atoms with Gasteiger partial charge in [-0.1, -0.05) is 48.5 Å². The summed E-state index contributed by atoms with van der Waals surface area (Å²) in [5.74, 6) is -0.0664. The average molecular weight is 537 g/mol. The Balaban J connectivity index is 1.48. The number of pyridine rings is 1. The molecule has 3 aromatic rings. The van der Waals surface area contributed by atoms with E-state index in [0.717, 1.165) is 23.1 Å². The summed E-state index contributed by atoms with van der Waals surface area (Å²) in [6, 6.07) is 22.1. The molecule has 0 unspecified atom stereocenters. The van der Waals surface area contributed by atoms with E-state index in [1.54, 1.807) is 42.3 Å². The Morgan fingerprint density at radius 2 is 1.59 bits per heavy atom. The van der Waals surface area contributed by atoms with E-state index < -0.39 is 11.9 Å². The first-order valence-corrected chi connectivity index (χ1v) is 12.7. The number of amides is 2. The van der Waals surface area contributed by atoms with Crippen molar-refractivity contribution in [2.45, 2.75) is 26.6 Å². The molecule has 0 atom stereocenters. The maximum atomic E-state index is 13.7. The smallest absolute Gasteiger partial charge is 0.449 e. The number of aromatic nitrogens is 1. The van der Waals surface area contributed by atoms with Gasteiger partial charge in [-0.3, -0.25) is 4.90 Å². The van der Waals surface area contributed by atoms with Crippen LogP contribution in [0.15, 0.2) is 96.9 Å². The summed E-state index contributed by atoms with van der Waals surface area (Å²) in [5, 5.41) is 0. The molecule has 0 saturated carbocycles. The number of para-hydroxylation sites is 1. The molecule has 39 heavy (non-hydrogen) atoms. The Kier molecular flexibility index (Phi) is 8.91. The van der Waals surface area contributed by atoms with Crippen LogP contribution in [-0.4, -0.2) is 48.3 Å². The SMILES string of the molecule is C/C=C(\O/C(=C\C)C(F)(F)F)c1ccc(CN(C(=O)N2CCN(c3ccccn3)CC2)c2ccccc2)cc1. The summed E-state index contributed by atoms with van der Waals surface area (Å²) in [4.78, 5) is 23.8. The third-order valence-corrected chi connectivity index (χ3v) is 6.43. The van der Waals surface area contributed by atoms with Crippen molar-refractivity contribution < 1.29 is 22.7 Å². The van der Waals surface area contributed by atoms with Crippen molar-refractivity contribution in [3.8, 4) is 0 Å². The Hall–Kier alpha value is -4.27. The summed E-state index contributed by atoms with van der Waals surface area (Å²) in [6.07, 6.45) is -0.426. The first kappa shape index (κ1) is 27.8. The van der Waals surface area contributed by atoms with Gasteiger partial charge in [0.05, 0.1) is 6.54 Å². The predicted octanol–water partition coefficient (Wildman–Crippen LogP) is 6.87. The number of piperazine rings is 1. The standard InChI is InChI=1S/C30H31F3N4O2/c1-3-26(39-27(4-2)30(31,32)33)24-15-13-23(14-16-24)22-37(25-10-6-5-7-11-25)29(38)36-20-18-35(19-21-36)28-12-8-9-17-34-28/h3-17H,18-22H2,1-2H3/b26-3-,27-4-. The summed E-state index contributed by atoms with van der Waals surface area (Å²) in [6.45, 7) is 5.69. The first-order valence-electron chi connectivity index (χ1n) is 12.7. The van der Waals surface area contributed by atoms with E-state index in [1.807, 2.05) is 53.4 Å². The van der Waals surface area contributed by atoms with E-state index in [4.69, 9.17) is 4.74 Å². The van der Waals surface area contributed by atoms with Gasteiger partial charge in [0.1, 0.15) is 11.6 Å². The van der Waals surface area contributed by atoms with Crippen molar-refractivity contribution in [3.63, 3.8) is 0 Å². The third kappa shape index (κ3) is 6.98. The van der Waals surface area contributed by atoms with E-state index >= 15 is 0 Å². The minimum Gasteiger partial charge on any atom is -0.452 e. The van der Waals surface area contributed by atoms with Crippen LogP contribution >= 0.6 is 0 Å². The normalized spacial score (nSPS) is 14.8. The molecule has 1 fully saturated rings. The van der Waals surface area contributed by atoms with Crippen molar-refractivity contribution in [1.82, 2.24) is 9.88 Å². The minimum absolute atomic E-state index is 0.105. The highest BCUT2D eigenvalue weighted by Gasteiger charge is 2.36. The zero-order valence-electron chi connectivity index (χ0n) is 21.9. The van der Waals surface area contributed by atoms with E-state index in [0.29, 0.717) is 38.3 Å². The molecule has 0 N–H and O–H groups in total. The second kappa shape index (κ2) is 12.5. The van der Waals surface area contributed by atoms with Gasteiger partial charge in [-0.15, -0.1) is 0 Å². The fourth-order valence-electron chi connectivity index (χ4n) is 4.36. The number of anilines is 2. The van der Waals surface area contributed by atoms with Gasteiger partial charge in [0.15, 0.2) is 0 Å². The molecule has 4 rings (SSSR count). The zero-order valence-corrected chi connectivity index (χ0v) is 21.9. The Labute approximate surface area is 226 Å². The Morgan fingerprint density at radius 3 is 2.15 bits per heavy atom. The second-order valence-electron chi connectivity index (χ2n) is 8.97. The minimum atomic E-state index is -4.58. The molecule has 2 heterocycles. The van der Waals surface area contributed by atoms with Crippen molar-refractivity contribution in [1.29, 1.82) is 0 Å². The number of carbonyl (C=O) groups excluding carboxylic acids is 1. The second-order valence-corrected chi connectivity index (χ2v) is 8.97. The molecular weight excluding hydrogens is 505 g/mol. The molecule has 9 heteroatoms. The lowest BCUT2D eigenvalue weighted by Crippen LogP contribution is -2.53. The van der Waals surface area contributed by atoms with Crippen molar-refractivity contribution in [2.24, 2.45) is 0 Å². The maximum absolute atomic E-state index is 13.7. The molecule has 6 nitrogen and oxygen atoms in total. The van der Waals surface area contributed by atoms with Crippen LogP contribution in [0.2, 0.25) is 0 Å². The molecule has 2 aromatic carbocycles. The molecular formula is C30H31F3N4O2. The number of alkyl halides is 3. The number of nitrogens with zero attached hydrogens (tertiary/aromatic N) is 4. The largest absolute Gasteiger partial charge is 0.452 e.